The van der Waals surface area contributed by atoms with Crippen LogP contribution >= 0.6 is 0 Å². The van der Waals surface area contributed by atoms with Crippen LogP contribution in [0.4, 0.5) is 0 Å². The third-order valence-electron chi connectivity index (χ3n) is 2.00. The summed E-state index contributed by atoms with van der Waals surface area (Å²) in [6.07, 6.45) is 1.82. The average Bonchev–Trinajstić information content (AvgIpc) is 2.88. The first-order chi connectivity index (χ1) is 5.70. The first-order valence-corrected chi connectivity index (χ1v) is 3.86. The van der Waals surface area contributed by atoms with E-state index in [4.69, 9.17) is 0 Å². The van der Waals surface area contributed by atoms with Crippen LogP contribution in [0.15, 0.2) is 0 Å². The van der Waals surface area contributed by atoms with E-state index in [1.54, 1.807) is 0 Å². The fourth-order valence-electron chi connectivity index (χ4n) is 1.16. The quantitative estimate of drug-likeness (QED) is 0.455. The van der Waals surface area contributed by atoms with Crippen molar-refractivity contribution in [2.75, 3.05) is 14.2 Å². The Kier molecular flexibility index (Phi) is 2.68. The predicted octanol–water partition coefficient (Wildman–Crippen LogP) is 0.359. The minimum absolute atomic E-state index is 0.143. The zero-order chi connectivity index (χ0) is 9.14. The normalized spacial score (nSPS) is 15.9. The number of rotatable bonds is 3. The molecule has 4 heteroatoms. The number of hydrogen-bond donors (Lipinski definition) is 0. The van der Waals surface area contributed by atoms with Crippen molar-refractivity contribution in [3.63, 3.8) is 0 Å². The minimum Gasteiger partial charge on any atom is -0.468 e. The van der Waals surface area contributed by atoms with Gasteiger partial charge in [0.15, 0.2) is 5.92 Å². The van der Waals surface area contributed by atoms with Crippen molar-refractivity contribution in [3.8, 4) is 0 Å². The third kappa shape index (κ3) is 1.75. The van der Waals surface area contributed by atoms with Gasteiger partial charge in [-0.25, -0.2) is 0 Å². The first kappa shape index (κ1) is 9.03. The lowest BCUT2D eigenvalue weighted by molar-refractivity contribution is -0.159. The van der Waals surface area contributed by atoms with E-state index in [-0.39, 0.29) is 5.92 Å². The summed E-state index contributed by atoms with van der Waals surface area (Å²) in [5.74, 6) is -1.52. The van der Waals surface area contributed by atoms with Crippen molar-refractivity contribution in [2.24, 2.45) is 11.8 Å². The summed E-state index contributed by atoms with van der Waals surface area (Å²) in [5.41, 5.74) is 0. The smallest absolute Gasteiger partial charge is 0.320 e. The van der Waals surface area contributed by atoms with E-state index < -0.39 is 17.9 Å². The van der Waals surface area contributed by atoms with Crippen LogP contribution in [-0.2, 0) is 19.1 Å². The maximum absolute atomic E-state index is 11.1. The largest absolute Gasteiger partial charge is 0.468 e. The molecule has 0 heterocycles. The minimum atomic E-state index is -0.694. The molecular formula is C8H12O4. The van der Waals surface area contributed by atoms with E-state index in [1.807, 2.05) is 0 Å². The van der Waals surface area contributed by atoms with Crippen LogP contribution in [0.1, 0.15) is 12.8 Å². The van der Waals surface area contributed by atoms with E-state index in [0.717, 1.165) is 12.8 Å². The van der Waals surface area contributed by atoms with E-state index in [9.17, 15) is 9.59 Å². The second kappa shape index (κ2) is 3.56. The molecular weight excluding hydrogens is 160 g/mol. The summed E-state index contributed by atoms with van der Waals surface area (Å²) in [6, 6.07) is 0. The Morgan fingerprint density at radius 3 is 1.83 bits per heavy atom. The highest BCUT2D eigenvalue weighted by Gasteiger charge is 2.42. The Hall–Kier alpha value is -1.06. The first-order valence-electron chi connectivity index (χ1n) is 3.86. The number of methoxy groups -OCH3 is 2. The van der Waals surface area contributed by atoms with E-state index >= 15 is 0 Å². The van der Waals surface area contributed by atoms with E-state index in [0.29, 0.717) is 0 Å². The van der Waals surface area contributed by atoms with Crippen molar-refractivity contribution in [3.05, 3.63) is 0 Å². The Bertz CT molecular complexity index is 179. The molecule has 0 amide bonds. The zero-order valence-corrected chi connectivity index (χ0v) is 7.20. The molecule has 0 radical (unpaired) electrons. The van der Waals surface area contributed by atoms with Crippen LogP contribution in [0.2, 0.25) is 0 Å². The Balaban J connectivity index is 2.60. The number of ether oxygens (including phenoxy) is 2. The maximum atomic E-state index is 11.1. The van der Waals surface area contributed by atoms with Crippen LogP contribution in [0.5, 0.6) is 0 Å². The average molecular weight is 172 g/mol. The van der Waals surface area contributed by atoms with Crippen LogP contribution in [0.25, 0.3) is 0 Å². The molecule has 0 aliphatic heterocycles. The van der Waals surface area contributed by atoms with Crippen LogP contribution in [0, 0.1) is 11.8 Å². The van der Waals surface area contributed by atoms with Gasteiger partial charge in [0.2, 0.25) is 0 Å². The summed E-state index contributed by atoms with van der Waals surface area (Å²) in [4.78, 5) is 22.1. The summed E-state index contributed by atoms with van der Waals surface area (Å²) in [6.45, 7) is 0. The Labute approximate surface area is 70.8 Å². The van der Waals surface area contributed by atoms with Crippen LogP contribution in [-0.4, -0.2) is 26.2 Å². The lowest BCUT2D eigenvalue weighted by atomic mass is 10.1. The number of hydrogen-bond acceptors (Lipinski definition) is 4. The van der Waals surface area contributed by atoms with Crippen LogP contribution in [0.3, 0.4) is 0 Å². The van der Waals surface area contributed by atoms with Gasteiger partial charge in [0.05, 0.1) is 14.2 Å². The molecule has 0 atom stereocenters. The van der Waals surface area contributed by atoms with Gasteiger partial charge >= 0.3 is 11.9 Å². The highest BCUT2D eigenvalue weighted by atomic mass is 16.5. The molecule has 12 heavy (non-hydrogen) atoms. The van der Waals surface area contributed by atoms with Gasteiger partial charge < -0.3 is 9.47 Å². The van der Waals surface area contributed by atoms with E-state index in [2.05, 4.69) is 9.47 Å². The molecule has 0 N–H and O–H groups in total. The van der Waals surface area contributed by atoms with Crippen LogP contribution < -0.4 is 0 Å². The standard InChI is InChI=1S/C8H12O4/c1-11-7(9)6(5-3-4-5)8(10)12-2/h5-6H,3-4H2,1-2H3. The lowest BCUT2D eigenvalue weighted by Gasteiger charge is -2.10. The van der Waals surface area contributed by atoms with Gasteiger partial charge in [0.25, 0.3) is 0 Å². The molecule has 1 saturated carbocycles. The van der Waals surface area contributed by atoms with Crippen molar-refractivity contribution >= 4 is 11.9 Å². The fourth-order valence-corrected chi connectivity index (χ4v) is 1.16. The van der Waals surface area contributed by atoms with Gasteiger partial charge in [-0.2, -0.15) is 0 Å². The molecule has 0 aromatic heterocycles. The molecule has 0 aromatic carbocycles. The van der Waals surface area contributed by atoms with Gasteiger partial charge in [0.1, 0.15) is 0 Å². The maximum Gasteiger partial charge on any atom is 0.320 e. The zero-order valence-electron chi connectivity index (χ0n) is 7.20. The monoisotopic (exact) mass is 172 g/mol. The molecule has 0 spiro atoms. The Morgan fingerprint density at radius 1 is 1.17 bits per heavy atom. The highest BCUT2D eigenvalue weighted by molar-refractivity contribution is 5.95. The van der Waals surface area contributed by atoms with Crippen molar-refractivity contribution < 1.29 is 19.1 Å². The van der Waals surface area contributed by atoms with Crippen molar-refractivity contribution in [1.29, 1.82) is 0 Å². The highest BCUT2D eigenvalue weighted by Crippen LogP contribution is 2.37. The third-order valence-corrected chi connectivity index (χ3v) is 2.00. The number of esters is 2. The number of carbonyl (C=O) groups is 2. The molecule has 1 fully saturated rings. The molecule has 4 nitrogen and oxygen atoms in total. The molecule has 1 aliphatic carbocycles. The van der Waals surface area contributed by atoms with E-state index in [1.165, 1.54) is 14.2 Å². The molecule has 1 aliphatic rings. The van der Waals surface area contributed by atoms with Crippen molar-refractivity contribution in [2.45, 2.75) is 12.8 Å². The SMILES string of the molecule is COC(=O)C(C(=O)OC)C1CC1. The molecule has 1 rings (SSSR count). The van der Waals surface area contributed by atoms with Gasteiger partial charge in [-0.05, 0) is 18.8 Å². The second-order valence-corrected chi connectivity index (χ2v) is 2.86. The second-order valence-electron chi connectivity index (χ2n) is 2.86. The summed E-state index contributed by atoms with van der Waals surface area (Å²) in [5, 5.41) is 0. The molecule has 0 saturated heterocycles. The molecule has 68 valence electrons. The number of carbonyl (C=O) groups excluding carboxylic acids is 2. The van der Waals surface area contributed by atoms with Crippen molar-refractivity contribution in [1.82, 2.24) is 0 Å². The molecule has 0 bridgehead atoms. The van der Waals surface area contributed by atoms with Gasteiger partial charge in [-0.3, -0.25) is 9.59 Å². The van der Waals surface area contributed by atoms with Gasteiger partial charge in [-0.15, -0.1) is 0 Å². The van der Waals surface area contributed by atoms with Gasteiger partial charge in [0, 0.05) is 0 Å². The topological polar surface area (TPSA) is 52.6 Å². The molecule has 0 unspecified atom stereocenters. The Morgan fingerprint density at radius 2 is 1.58 bits per heavy atom. The fraction of sp³-hybridized carbons (Fsp3) is 0.750. The summed E-state index contributed by atoms with van der Waals surface area (Å²) in [7, 11) is 2.56. The predicted molar refractivity (Wildman–Crippen MR) is 40.2 cm³/mol. The summed E-state index contributed by atoms with van der Waals surface area (Å²) < 4.78 is 8.99. The molecule has 0 aromatic rings. The summed E-state index contributed by atoms with van der Waals surface area (Å²) >= 11 is 0. The van der Waals surface area contributed by atoms with Gasteiger partial charge in [-0.1, -0.05) is 0 Å². The lowest BCUT2D eigenvalue weighted by Crippen LogP contribution is -2.28.